The Hall–Kier alpha value is -2.19. The number of hydrogen-bond acceptors (Lipinski definition) is 1. The number of halogens is 1. The zero-order valence-corrected chi connectivity index (χ0v) is 15.2. The van der Waals surface area contributed by atoms with Crippen LogP contribution in [0.2, 0.25) is 0 Å². The van der Waals surface area contributed by atoms with Crippen LogP contribution in [0.4, 0.5) is 5.69 Å². The summed E-state index contributed by atoms with van der Waals surface area (Å²) in [4.78, 5) is 0. The van der Waals surface area contributed by atoms with Crippen molar-refractivity contribution in [2.45, 2.75) is 26.2 Å². The van der Waals surface area contributed by atoms with Crippen LogP contribution in [0.3, 0.4) is 0 Å². The van der Waals surface area contributed by atoms with E-state index in [4.69, 9.17) is 11.5 Å². The van der Waals surface area contributed by atoms with Crippen LogP contribution in [0, 0.1) is 0 Å². The maximum absolute atomic E-state index is 6.65. The highest BCUT2D eigenvalue weighted by Gasteiger charge is 2.28. The van der Waals surface area contributed by atoms with Crippen molar-refractivity contribution in [1.29, 1.82) is 0 Å². The first kappa shape index (κ1) is 16.3. The molecule has 0 aliphatic carbocycles. The Morgan fingerprint density at radius 1 is 0.880 bits per heavy atom. The predicted octanol–water partition coefficient (Wildman–Crippen LogP) is 5.72. The molecular formula is C22H21BClN. The highest BCUT2D eigenvalue weighted by atomic mass is 35.5. The molecule has 3 heteroatoms. The van der Waals surface area contributed by atoms with Gasteiger partial charge in [0.05, 0.1) is 0 Å². The first-order chi connectivity index (χ1) is 12.3. The van der Waals surface area contributed by atoms with Crippen molar-refractivity contribution < 1.29 is 0 Å². The molecule has 1 aliphatic heterocycles. The van der Waals surface area contributed by atoms with E-state index in [0.717, 1.165) is 17.6 Å². The van der Waals surface area contributed by atoms with Gasteiger partial charge in [-0.05, 0) is 47.1 Å². The molecule has 0 saturated carbocycles. The molecule has 4 rings (SSSR count). The lowest BCUT2D eigenvalue weighted by Crippen LogP contribution is -2.38. The Bertz CT molecular complexity index is 875. The molecule has 0 saturated heterocycles. The van der Waals surface area contributed by atoms with Crippen LogP contribution < -0.4 is 10.7 Å². The van der Waals surface area contributed by atoms with Crippen molar-refractivity contribution in [2.75, 3.05) is 5.23 Å². The van der Waals surface area contributed by atoms with Gasteiger partial charge in [0.1, 0.15) is 0 Å². The number of anilines is 1. The first-order valence-corrected chi connectivity index (χ1v) is 9.44. The number of fused-ring (bicyclic) bond motifs is 3. The molecule has 0 spiro atoms. The zero-order chi connectivity index (χ0) is 17.2. The van der Waals surface area contributed by atoms with Crippen LogP contribution in [-0.4, -0.2) is 6.26 Å². The van der Waals surface area contributed by atoms with E-state index in [0.29, 0.717) is 0 Å². The number of aryl methyl sites for hydroxylation is 1. The summed E-state index contributed by atoms with van der Waals surface area (Å²) in [6.45, 7) is 2.24. The van der Waals surface area contributed by atoms with Gasteiger partial charge in [0.25, 0.3) is 0 Å². The molecule has 0 unspecified atom stereocenters. The van der Waals surface area contributed by atoms with Gasteiger partial charge in [-0.3, -0.25) is 0 Å². The van der Waals surface area contributed by atoms with E-state index >= 15 is 0 Å². The molecule has 25 heavy (non-hydrogen) atoms. The van der Waals surface area contributed by atoms with E-state index < -0.39 is 0 Å². The zero-order valence-electron chi connectivity index (χ0n) is 14.4. The maximum atomic E-state index is 6.65. The summed E-state index contributed by atoms with van der Waals surface area (Å²) in [5, 5.41) is 3.53. The van der Waals surface area contributed by atoms with Crippen LogP contribution in [-0.2, 0) is 6.42 Å². The van der Waals surface area contributed by atoms with Crippen molar-refractivity contribution in [3.8, 4) is 22.3 Å². The van der Waals surface area contributed by atoms with Gasteiger partial charge in [-0.15, -0.1) is 0 Å². The van der Waals surface area contributed by atoms with Crippen molar-refractivity contribution in [1.82, 2.24) is 0 Å². The second kappa shape index (κ2) is 6.97. The third kappa shape index (κ3) is 3.07. The first-order valence-electron chi connectivity index (χ1n) is 9.00. The minimum Gasteiger partial charge on any atom is -0.410 e. The molecule has 0 atom stereocenters. The van der Waals surface area contributed by atoms with E-state index in [-0.39, 0.29) is 6.26 Å². The third-order valence-electron chi connectivity index (χ3n) is 4.90. The van der Waals surface area contributed by atoms with Gasteiger partial charge in [-0.2, -0.15) is 11.5 Å². The van der Waals surface area contributed by atoms with Crippen LogP contribution in [0.1, 0.15) is 25.3 Å². The quantitative estimate of drug-likeness (QED) is 0.596. The van der Waals surface area contributed by atoms with Gasteiger partial charge in [-0.25, -0.2) is 0 Å². The normalized spacial score (nSPS) is 12.3. The van der Waals surface area contributed by atoms with Crippen LogP contribution in [0.5, 0.6) is 0 Å². The standard InChI is InChI=1S/C22H21BClN/c1-2-3-9-16-14-19(17-10-5-4-6-11-17)22-20(15-16)18-12-7-8-13-21(18)23(24)25-22/h4-8,10-15,25H,2-3,9H2,1H3. The van der Waals surface area contributed by atoms with Crippen LogP contribution >= 0.6 is 11.5 Å². The molecule has 1 nitrogen and oxygen atoms in total. The van der Waals surface area contributed by atoms with Crippen molar-refractivity contribution in [3.63, 3.8) is 0 Å². The van der Waals surface area contributed by atoms with Crippen molar-refractivity contribution in [2.24, 2.45) is 0 Å². The molecular weight excluding hydrogens is 325 g/mol. The SMILES string of the molecule is CCCCc1cc(-c2ccccc2)c2c(c1)-c1ccccc1B(Cl)N2. The molecule has 3 aromatic carbocycles. The second-order valence-corrected chi connectivity index (χ2v) is 7.07. The average Bonchev–Trinajstić information content (AvgIpc) is 2.67. The predicted molar refractivity (Wildman–Crippen MR) is 111 cm³/mol. The molecule has 0 fully saturated rings. The number of benzene rings is 3. The van der Waals surface area contributed by atoms with Gasteiger partial charge in [0, 0.05) is 16.8 Å². The minimum atomic E-state index is -0.201. The van der Waals surface area contributed by atoms with E-state index in [1.807, 2.05) is 0 Å². The summed E-state index contributed by atoms with van der Waals surface area (Å²) in [6.07, 6.45) is 3.32. The number of nitrogens with one attached hydrogen (secondary N) is 1. The molecule has 3 aromatic rings. The lowest BCUT2D eigenvalue weighted by Gasteiger charge is -2.27. The van der Waals surface area contributed by atoms with E-state index in [9.17, 15) is 0 Å². The summed E-state index contributed by atoms with van der Waals surface area (Å²) < 4.78 is 0. The number of rotatable bonds is 4. The Morgan fingerprint density at radius 3 is 2.40 bits per heavy atom. The van der Waals surface area contributed by atoms with Gasteiger partial charge in [0.15, 0.2) is 0 Å². The number of hydrogen-bond donors (Lipinski definition) is 1. The molecule has 0 aromatic heterocycles. The molecule has 0 amide bonds. The molecule has 124 valence electrons. The van der Waals surface area contributed by atoms with E-state index in [1.165, 1.54) is 40.7 Å². The van der Waals surface area contributed by atoms with Gasteiger partial charge in [0.2, 0.25) is 0 Å². The van der Waals surface area contributed by atoms with Crippen LogP contribution in [0.15, 0.2) is 66.7 Å². The summed E-state index contributed by atoms with van der Waals surface area (Å²) in [5.41, 5.74) is 8.67. The summed E-state index contributed by atoms with van der Waals surface area (Å²) >= 11 is 6.65. The maximum Gasteiger partial charge on any atom is 0.393 e. The molecule has 1 N–H and O–H groups in total. The summed E-state index contributed by atoms with van der Waals surface area (Å²) in [7, 11) is 0. The third-order valence-corrected chi connectivity index (χ3v) is 5.24. The minimum absolute atomic E-state index is 0.201. The van der Waals surface area contributed by atoms with Crippen molar-refractivity contribution in [3.05, 3.63) is 72.3 Å². The Morgan fingerprint density at radius 2 is 1.60 bits per heavy atom. The Balaban J connectivity index is 1.94. The highest BCUT2D eigenvalue weighted by molar-refractivity contribution is 7.16. The molecule has 0 radical (unpaired) electrons. The van der Waals surface area contributed by atoms with E-state index in [1.54, 1.807) is 0 Å². The fourth-order valence-electron chi connectivity index (χ4n) is 3.61. The Labute approximate surface area is 155 Å². The van der Waals surface area contributed by atoms with Gasteiger partial charge in [-0.1, -0.05) is 67.9 Å². The monoisotopic (exact) mass is 345 g/mol. The van der Waals surface area contributed by atoms with Gasteiger partial charge >= 0.3 is 6.26 Å². The van der Waals surface area contributed by atoms with Gasteiger partial charge < -0.3 is 5.23 Å². The fraction of sp³-hybridized carbons (Fsp3) is 0.182. The van der Waals surface area contributed by atoms with E-state index in [2.05, 4.69) is 78.9 Å². The lowest BCUT2D eigenvalue weighted by molar-refractivity contribution is 0.795. The molecule has 1 aliphatic rings. The molecule has 1 heterocycles. The van der Waals surface area contributed by atoms with Crippen molar-refractivity contribution >= 4 is 28.9 Å². The fourth-order valence-corrected chi connectivity index (χ4v) is 3.91. The Kier molecular flexibility index (Phi) is 4.54. The highest BCUT2D eigenvalue weighted by Crippen LogP contribution is 2.40. The summed E-state index contributed by atoms with van der Waals surface area (Å²) in [6, 6.07) is 23.7. The smallest absolute Gasteiger partial charge is 0.393 e. The lowest BCUT2D eigenvalue weighted by atomic mass is 9.71. The topological polar surface area (TPSA) is 12.0 Å². The number of unbranched alkanes of at least 4 members (excludes halogenated alkanes) is 1. The molecule has 0 bridgehead atoms. The average molecular weight is 346 g/mol. The second-order valence-electron chi connectivity index (χ2n) is 6.63. The summed E-state index contributed by atoms with van der Waals surface area (Å²) in [5.74, 6) is 0. The van der Waals surface area contributed by atoms with Crippen LogP contribution in [0.25, 0.3) is 22.3 Å². The largest absolute Gasteiger partial charge is 0.410 e.